The molecule has 0 fully saturated rings. The minimum absolute atomic E-state index is 0.0982. The lowest BCUT2D eigenvalue weighted by Gasteiger charge is -2.32. The van der Waals surface area contributed by atoms with E-state index in [9.17, 15) is 0 Å². The molecule has 0 aliphatic heterocycles. The fourth-order valence-electron chi connectivity index (χ4n) is 5.76. The highest BCUT2D eigenvalue weighted by Crippen LogP contribution is 2.20. The van der Waals surface area contributed by atoms with Crippen LogP contribution in [0, 0.1) is 0 Å². The van der Waals surface area contributed by atoms with Gasteiger partial charge in [0.05, 0.1) is 17.8 Å². The van der Waals surface area contributed by atoms with E-state index in [0.717, 1.165) is 31.8 Å². The van der Waals surface area contributed by atoms with Crippen molar-refractivity contribution in [3.8, 4) is 0 Å². The molecular formula is C40H81NO2. The maximum absolute atomic E-state index is 6.39. The van der Waals surface area contributed by atoms with Crippen LogP contribution < -0.4 is 0 Å². The zero-order valence-corrected chi connectivity index (χ0v) is 31.0. The van der Waals surface area contributed by atoms with Gasteiger partial charge in [0.25, 0.3) is 0 Å². The van der Waals surface area contributed by atoms with Crippen molar-refractivity contribution in [2.24, 2.45) is 0 Å². The molecule has 0 aromatic carbocycles. The van der Waals surface area contributed by atoms with Gasteiger partial charge in [-0.3, -0.25) is 0 Å². The fourth-order valence-corrected chi connectivity index (χ4v) is 5.76. The maximum Gasteiger partial charge on any atom is 0.0865 e. The summed E-state index contributed by atoms with van der Waals surface area (Å²) < 4.78 is 12.4. The lowest BCUT2D eigenvalue weighted by atomic mass is 10.0. The lowest BCUT2D eigenvalue weighted by Crippen LogP contribution is -2.33. The van der Waals surface area contributed by atoms with Gasteiger partial charge in [-0.1, -0.05) is 162 Å². The van der Waals surface area contributed by atoms with Gasteiger partial charge in [-0.2, -0.15) is 0 Å². The summed E-state index contributed by atoms with van der Waals surface area (Å²) in [5, 5.41) is 0. The molecule has 0 radical (unpaired) electrons. The van der Waals surface area contributed by atoms with Gasteiger partial charge in [0, 0.05) is 25.4 Å². The third-order valence-corrected chi connectivity index (χ3v) is 8.88. The Morgan fingerprint density at radius 1 is 0.488 bits per heavy atom. The lowest BCUT2D eigenvalue weighted by molar-refractivity contribution is -0.0636. The molecule has 0 amide bonds. The van der Waals surface area contributed by atoms with Crippen molar-refractivity contribution in [1.29, 1.82) is 0 Å². The minimum atomic E-state index is -0.203. The molecule has 0 aromatic rings. The topological polar surface area (TPSA) is 21.7 Å². The highest BCUT2D eigenvalue weighted by atomic mass is 16.5. The third kappa shape index (κ3) is 31.2. The van der Waals surface area contributed by atoms with Crippen LogP contribution in [0.3, 0.4) is 0 Å². The maximum atomic E-state index is 6.39. The second-order valence-corrected chi connectivity index (χ2v) is 15.1. The van der Waals surface area contributed by atoms with E-state index >= 15 is 0 Å². The average Bonchev–Trinajstić information content (AvgIpc) is 2.95. The summed E-state index contributed by atoms with van der Waals surface area (Å²) in [6.07, 6.45) is 34.5. The van der Waals surface area contributed by atoms with Crippen molar-refractivity contribution in [3.63, 3.8) is 0 Å². The predicted molar refractivity (Wildman–Crippen MR) is 193 cm³/mol. The standard InChI is InChI=1S/C40H81NO2/c1-9-11-13-15-17-19-21-23-25-27-29-31-34-41(35-32-30-28-26-24-22-20-18-16-14-12-10-2)38(3)37-43-40(7,8)33-36-42-39(4,5)6/h3,9-37H2,1-2,4-8H3. The molecule has 258 valence electrons. The van der Waals surface area contributed by atoms with E-state index in [0.29, 0.717) is 6.61 Å². The molecule has 3 heteroatoms. The summed E-state index contributed by atoms with van der Waals surface area (Å²) in [6, 6.07) is 0. The van der Waals surface area contributed by atoms with Crippen molar-refractivity contribution in [3.05, 3.63) is 12.3 Å². The van der Waals surface area contributed by atoms with Gasteiger partial charge in [0.2, 0.25) is 0 Å². The Morgan fingerprint density at radius 3 is 1.14 bits per heavy atom. The molecule has 0 rings (SSSR count). The summed E-state index contributed by atoms with van der Waals surface area (Å²) in [7, 11) is 0. The van der Waals surface area contributed by atoms with Gasteiger partial charge in [-0.05, 0) is 53.9 Å². The highest BCUT2D eigenvalue weighted by Gasteiger charge is 2.21. The van der Waals surface area contributed by atoms with E-state index in [1.54, 1.807) is 0 Å². The van der Waals surface area contributed by atoms with E-state index in [-0.39, 0.29) is 11.2 Å². The summed E-state index contributed by atoms with van der Waals surface area (Å²) in [6.45, 7) is 23.4. The van der Waals surface area contributed by atoms with Gasteiger partial charge in [0.1, 0.15) is 0 Å². The van der Waals surface area contributed by atoms with E-state index < -0.39 is 0 Å². The summed E-state index contributed by atoms with van der Waals surface area (Å²) >= 11 is 0. The summed E-state index contributed by atoms with van der Waals surface area (Å²) in [5.74, 6) is 0. The Kier molecular flexibility index (Phi) is 28.5. The Hall–Kier alpha value is -0.540. The van der Waals surface area contributed by atoms with Crippen molar-refractivity contribution in [1.82, 2.24) is 4.90 Å². The van der Waals surface area contributed by atoms with Gasteiger partial charge >= 0.3 is 0 Å². The molecule has 0 aromatic heterocycles. The molecule has 0 atom stereocenters. The fraction of sp³-hybridized carbons (Fsp3) is 0.950. The monoisotopic (exact) mass is 608 g/mol. The zero-order chi connectivity index (χ0) is 32.1. The van der Waals surface area contributed by atoms with Crippen LogP contribution in [0.15, 0.2) is 12.3 Å². The molecular weight excluding hydrogens is 526 g/mol. The first-order valence-electron chi connectivity index (χ1n) is 19.3. The van der Waals surface area contributed by atoms with Crippen LogP contribution in [-0.2, 0) is 9.47 Å². The number of rotatable bonds is 33. The highest BCUT2D eigenvalue weighted by molar-refractivity contribution is 4.95. The van der Waals surface area contributed by atoms with Crippen molar-refractivity contribution in [2.45, 2.75) is 220 Å². The van der Waals surface area contributed by atoms with Gasteiger partial charge in [-0.15, -0.1) is 0 Å². The molecule has 43 heavy (non-hydrogen) atoms. The molecule has 0 saturated heterocycles. The van der Waals surface area contributed by atoms with E-state index in [1.807, 2.05) is 0 Å². The first kappa shape index (κ1) is 42.5. The first-order chi connectivity index (χ1) is 20.6. The zero-order valence-electron chi connectivity index (χ0n) is 31.0. The van der Waals surface area contributed by atoms with Crippen LogP contribution in [0.5, 0.6) is 0 Å². The molecule has 0 spiro atoms. The Morgan fingerprint density at radius 2 is 0.814 bits per heavy atom. The molecule has 0 N–H and O–H groups in total. The van der Waals surface area contributed by atoms with Gasteiger partial charge < -0.3 is 14.4 Å². The van der Waals surface area contributed by atoms with Crippen molar-refractivity contribution < 1.29 is 9.47 Å². The molecule has 0 aliphatic carbocycles. The average molecular weight is 608 g/mol. The van der Waals surface area contributed by atoms with Crippen molar-refractivity contribution >= 4 is 0 Å². The van der Waals surface area contributed by atoms with Crippen LogP contribution >= 0.6 is 0 Å². The second kappa shape index (κ2) is 28.9. The number of hydrogen-bond donors (Lipinski definition) is 0. The Labute approximate surface area is 272 Å². The number of nitrogens with zero attached hydrogens (tertiary/aromatic N) is 1. The van der Waals surface area contributed by atoms with Crippen molar-refractivity contribution in [2.75, 3.05) is 26.3 Å². The normalized spacial score (nSPS) is 12.3. The largest absolute Gasteiger partial charge is 0.376 e. The molecule has 0 heterocycles. The molecule has 3 nitrogen and oxygen atoms in total. The quantitative estimate of drug-likeness (QED) is 0.0693. The SMILES string of the molecule is C=C(COC(C)(C)CCOC(C)(C)C)N(CCCCCCCCCCCCCC)CCCCCCCCCCCCCC. The Balaban J connectivity index is 4.33. The minimum Gasteiger partial charge on any atom is -0.376 e. The van der Waals surface area contributed by atoms with Crippen LogP contribution in [-0.4, -0.2) is 42.4 Å². The van der Waals surface area contributed by atoms with Crippen LogP contribution in [0.25, 0.3) is 0 Å². The summed E-state index contributed by atoms with van der Waals surface area (Å²) in [4.78, 5) is 2.55. The predicted octanol–water partition coefficient (Wildman–Crippen LogP) is 13.2. The smallest absolute Gasteiger partial charge is 0.0865 e. The van der Waals surface area contributed by atoms with E-state index in [2.05, 4.69) is 59.9 Å². The molecule has 0 aliphatic rings. The summed E-state index contributed by atoms with van der Waals surface area (Å²) in [5.41, 5.74) is 0.862. The number of ether oxygens (including phenoxy) is 2. The molecule has 0 saturated carbocycles. The Bertz CT molecular complexity index is 566. The van der Waals surface area contributed by atoms with E-state index in [1.165, 1.54) is 154 Å². The first-order valence-corrected chi connectivity index (χ1v) is 19.3. The van der Waals surface area contributed by atoms with Crippen LogP contribution in [0.4, 0.5) is 0 Å². The third-order valence-electron chi connectivity index (χ3n) is 8.88. The van der Waals surface area contributed by atoms with Gasteiger partial charge in [0.15, 0.2) is 0 Å². The van der Waals surface area contributed by atoms with Crippen LogP contribution in [0.1, 0.15) is 209 Å². The second-order valence-electron chi connectivity index (χ2n) is 15.1. The molecule has 0 unspecified atom stereocenters. The number of hydrogen-bond acceptors (Lipinski definition) is 3. The van der Waals surface area contributed by atoms with Gasteiger partial charge in [-0.25, -0.2) is 0 Å². The van der Waals surface area contributed by atoms with E-state index in [4.69, 9.17) is 9.47 Å². The number of unbranched alkanes of at least 4 members (excludes halogenated alkanes) is 22. The van der Waals surface area contributed by atoms with Crippen LogP contribution in [0.2, 0.25) is 0 Å². The molecule has 0 bridgehead atoms.